The predicted octanol–water partition coefficient (Wildman–Crippen LogP) is 0.263. The number of hydrogen-bond acceptors (Lipinski definition) is 3. The monoisotopic (exact) mass is 202 g/mol. The van der Waals surface area contributed by atoms with E-state index in [1.807, 2.05) is 0 Å². The molecular formula is C10H22N2O2. The van der Waals surface area contributed by atoms with Gasteiger partial charge in [0.25, 0.3) is 0 Å². The molecule has 4 nitrogen and oxygen atoms in total. The fourth-order valence-electron chi connectivity index (χ4n) is 1.24. The number of carbonyl (C=O) groups is 1. The second-order valence-corrected chi connectivity index (χ2v) is 3.80. The summed E-state index contributed by atoms with van der Waals surface area (Å²) in [4.78, 5) is 10.6. The molecule has 4 heteroatoms. The number of hydrogen-bond donors (Lipinski definition) is 3. The molecule has 3 N–H and O–H groups in total. The lowest BCUT2D eigenvalue weighted by molar-refractivity contribution is -0.118. The molecule has 1 amide bonds. The number of nitrogens with one attached hydrogen (secondary N) is 2. The number of aliphatic hydroxyl groups excluding tert-OH is 1. The zero-order valence-electron chi connectivity index (χ0n) is 9.39. The highest BCUT2D eigenvalue weighted by Gasteiger charge is 2.19. The summed E-state index contributed by atoms with van der Waals surface area (Å²) >= 11 is 0. The summed E-state index contributed by atoms with van der Waals surface area (Å²) in [6.07, 6.45) is 1.71. The molecule has 0 heterocycles. The summed E-state index contributed by atoms with van der Waals surface area (Å²) in [5.41, 5.74) is -0.0206. The van der Waals surface area contributed by atoms with Gasteiger partial charge in [0, 0.05) is 32.2 Å². The van der Waals surface area contributed by atoms with Crippen LogP contribution in [-0.4, -0.2) is 36.2 Å². The average molecular weight is 202 g/mol. The van der Waals surface area contributed by atoms with Gasteiger partial charge in [-0.05, 0) is 19.8 Å². The summed E-state index contributed by atoms with van der Waals surface area (Å²) < 4.78 is 0. The van der Waals surface area contributed by atoms with Crippen molar-refractivity contribution in [3.63, 3.8) is 0 Å². The van der Waals surface area contributed by atoms with Crippen molar-refractivity contribution in [3.8, 4) is 0 Å². The summed E-state index contributed by atoms with van der Waals surface area (Å²) in [6, 6.07) is 0. The van der Waals surface area contributed by atoms with Gasteiger partial charge in [-0.2, -0.15) is 0 Å². The molecular weight excluding hydrogens is 180 g/mol. The first kappa shape index (κ1) is 13.4. The van der Waals surface area contributed by atoms with Gasteiger partial charge in [0.15, 0.2) is 0 Å². The van der Waals surface area contributed by atoms with E-state index >= 15 is 0 Å². The Labute approximate surface area is 86.1 Å². The zero-order chi connectivity index (χ0) is 11.0. The fraction of sp³-hybridized carbons (Fsp3) is 0.900. The average Bonchev–Trinajstić information content (AvgIpc) is 2.13. The smallest absolute Gasteiger partial charge is 0.216 e. The van der Waals surface area contributed by atoms with Crippen molar-refractivity contribution in [2.75, 3.05) is 19.7 Å². The standard InChI is InChI=1S/C10H22N2O2/c1-4-10(3,5-8-13)12-7-6-11-9(2)14/h12-13H,4-8H2,1-3H3,(H,11,14). The number of amides is 1. The molecule has 0 rings (SSSR count). The van der Waals surface area contributed by atoms with E-state index < -0.39 is 0 Å². The van der Waals surface area contributed by atoms with Gasteiger partial charge < -0.3 is 15.7 Å². The maximum absolute atomic E-state index is 10.6. The van der Waals surface area contributed by atoms with Gasteiger partial charge in [0.05, 0.1) is 0 Å². The summed E-state index contributed by atoms with van der Waals surface area (Å²) in [5, 5.41) is 14.9. The van der Waals surface area contributed by atoms with Crippen molar-refractivity contribution in [2.45, 2.75) is 39.2 Å². The molecule has 0 aromatic carbocycles. The minimum Gasteiger partial charge on any atom is -0.396 e. The molecule has 1 unspecified atom stereocenters. The first-order chi connectivity index (χ1) is 6.54. The molecule has 0 fully saturated rings. The maximum Gasteiger partial charge on any atom is 0.216 e. The van der Waals surface area contributed by atoms with Crippen molar-refractivity contribution < 1.29 is 9.90 Å². The zero-order valence-corrected chi connectivity index (χ0v) is 9.39. The van der Waals surface area contributed by atoms with E-state index in [0.717, 1.165) is 19.4 Å². The van der Waals surface area contributed by atoms with Gasteiger partial charge in [0.2, 0.25) is 5.91 Å². The van der Waals surface area contributed by atoms with Gasteiger partial charge >= 0.3 is 0 Å². The third kappa shape index (κ3) is 5.94. The van der Waals surface area contributed by atoms with Crippen LogP contribution in [0.4, 0.5) is 0 Å². The van der Waals surface area contributed by atoms with E-state index in [1.54, 1.807) is 0 Å². The molecule has 0 aliphatic heterocycles. The highest BCUT2D eigenvalue weighted by molar-refractivity contribution is 5.72. The Kier molecular flexibility index (Phi) is 6.49. The Morgan fingerprint density at radius 2 is 2.07 bits per heavy atom. The normalized spacial score (nSPS) is 14.9. The van der Waals surface area contributed by atoms with E-state index in [4.69, 9.17) is 5.11 Å². The van der Waals surface area contributed by atoms with E-state index in [-0.39, 0.29) is 18.1 Å². The molecule has 84 valence electrons. The summed E-state index contributed by atoms with van der Waals surface area (Å²) in [6.45, 7) is 7.24. The molecule has 0 bridgehead atoms. The van der Waals surface area contributed by atoms with Gasteiger partial charge in [0.1, 0.15) is 0 Å². The molecule has 1 atom stereocenters. The van der Waals surface area contributed by atoms with Crippen LogP contribution in [0.2, 0.25) is 0 Å². The number of rotatable bonds is 7. The van der Waals surface area contributed by atoms with Crippen molar-refractivity contribution in [1.29, 1.82) is 0 Å². The number of carbonyl (C=O) groups excluding carboxylic acids is 1. The molecule has 0 saturated heterocycles. The van der Waals surface area contributed by atoms with Crippen LogP contribution < -0.4 is 10.6 Å². The van der Waals surface area contributed by atoms with Crippen LogP contribution in [0, 0.1) is 0 Å². The topological polar surface area (TPSA) is 61.4 Å². The molecule has 14 heavy (non-hydrogen) atoms. The minimum atomic E-state index is -0.0206. The second kappa shape index (κ2) is 6.79. The van der Waals surface area contributed by atoms with Gasteiger partial charge in [-0.3, -0.25) is 4.79 Å². The highest BCUT2D eigenvalue weighted by atomic mass is 16.3. The van der Waals surface area contributed by atoms with Gasteiger partial charge in [-0.25, -0.2) is 0 Å². The second-order valence-electron chi connectivity index (χ2n) is 3.80. The quantitative estimate of drug-likeness (QED) is 0.519. The fourth-order valence-corrected chi connectivity index (χ4v) is 1.24. The first-order valence-electron chi connectivity index (χ1n) is 5.14. The minimum absolute atomic E-state index is 0.00726. The molecule has 0 spiro atoms. The number of aliphatic hydroxyl groups is 1. The lowest BCUT2D eigenvalue weighted by atomic mass is 9.95. The lowest BCUT2D eigenvalue weighted by Gasteiger charge is -2.29. The van der Waals surface area contributed by atoms with Crippen molar-refractivity contribution in [1.82, 2.24) is 10.6 Å². The van der Waals surface area contributed by atoms with Crippen LogP contribution in [-0.2, 0) is 4.79 Å². The Bertz CT molecular complexity index is 174. The molecule has 0 radical (unpaired) electrons. The van der Waals surface area contributed by atoms with Crippen LogP contribution in [0.3, 0.4) is 0 Å². The SMILES string of the molecule is CCC(C)(CCO)NCCNC(C)=O. The third-order valence-corrected chi connectivity index (χ3v) is 2.49. The van der Waals surface area contributed by atoms with E-state index in [1.165, 1.54) is 6.92 Å². The van der Waals surface area contributed by atoms with Crippen LogP contribution in [0.5, 0.6) is 0 Å². The van der Waals surface area contributed by atoms with Crippen LogP contribution >= 0.6 is 0 Å². The third-order valence-electron chi connectivity index (χ3n) is 2.49. The largest absolute Gasteiger partial charge is 0.396 e. The van der Waals surface area contributed by atoms with E-state index in [0.29, 0.717) is 6.54 Å². The molecule has 0 aliphatic rings. The van der Waals surface area contributed by atoms with E-state index in [2.05, 4.69) is 24.5 Å². The lowest BCUT2D eigenvalue weighted by Crippen LogP contribution is -2.45. The predicted molar refractivity (Wildman–Crippen MR) is 57.1 cm³/mol. The van der Waals surface area contributed by atoms with Crippen LogP contribution in [0.25, 0.3) is 0 Å². The van der Waals surface area contributed by atoms with Crippen LogP contribution in [0.15, 0.2) is 0 Å². The van der Waals surface area contributed by atoms with Crippen molar-refractivity contribution in [3.05, 3.63) is 0 Å². The van der Waals surface area contributed by atoms with E-state index in [9.17, 15) is 4.79 Å². The molecule has 0 saturated carbocycles. The maximum atomic E-state index is 10.6. The van der Waals surface area contributed by atoms with Crippen molar-refractivity contribution in [2.24, 2.45) is 0 Å². The Balaban J connectivity index is 3.66. The Morgan fingerprint density at radius 3 is 2.50 bits per heavy atom. The highest BCUT2D eigenvalue weighted by Crippen LogP contribution is 2.12. The summed E-state index contributed by atoms with van der Waals surface area (Å²) in [7, 11) is 0. The summed E-state index contributed by atoms with van der Waals surface area (Å²) in [5.74, 6) is -0.00726. The van der Waals surface area contributed by atoms with Crippen LogP contribution in [0.1, 0.15) is 33.6 Å². The first-order valence-corrected chi connectivity index (χ1v) is 5.14. The molecule has 0 aliphatic carbocycles. The Hall–Kier alpha value is -0.610. The molecule has 0 aromatic heterocycles. The van der Waals surface area contributed by atoms with Gasteiger partial charge in [-0.15, -0.1) is 0 Å². The Morgan fingerprint density at radius 1 is 1.43 bits per heavy atom. The molecule has 0 aromatic rings. The van der Waals surface area contributed by atoms with Crippen molar-refractivity contribution >= 4 is 5.91 Å². The van der Waals surface area contributed by atoms with Gasteiger partial charge in [-0.1, -0.05) is 6.92 Å².